The Morgan fingerprint density at radius 1 is 1.44 bits per heavy atom. The number of rotatable bonds is 7. The molecule has 0 spiro atoms. The Bertz CT molecular complexity index is 396. The number of carbonyl (C=O) groups excluding carboxylic acids is 1. The lowest BCUT2D eigenvalue weighted by atomic mass is 10.1. The van der Waals surface area contributed by atoms with Crippen LogP contribution in [0.4, 0.5) is 0 Å². The molecule has 0 aliphatic carbocycles. The molecular weight excluding hydrogens is 254 g/mol. The smallest absolute Gasteiger partial charge is 0.305 e. The van der Waals surface area contributed by atoms with Crippen molar-refractivity contribution in [2.45, 2.75) is 19.3 Å². The number of carbonyl (C=O) groups is 1. The minimum atomic E-state index is -0.233. The highest BCUT2D eigenvalue weighted by Gasteiger charge is 2.04. The van der Waals surface area contributed by atoms with Crippen LogP contribution >= 0.6 is 11.6 Å². The molecule has 1 aromatic carbocycles. The van der Waals surface area contributed by atoms with Gasteiger partial charge in [0.2, 0.25) is 0 Å². The highest BCUT2D eigenvalue weighted by atomic mass is 35.5. The van der Waals surface area contributed by atoms with E-state index in [-0.39, 0.29) is 5.97 Å². The van der Waals surface area contributed by atoms with Gasteiger partial charge in [-0.15, -0.1) is 0 Å². The second-order valence-electron chi connectivity index (χ2n) is 3.83. The van der Waals surface area contributed by atoms with Crippen LogP contribution in [0.1, 0.15) is 18.4 Å². The van der Waals surface area contributed by atoms with E-state index in [2.05, 4.69) is 4.74 Å². The third-order valence-electron chi connectivity index (χ3n) is 2.44. The van der Waals surface area contributed by atoms with Gasteiger partial charge in [0.15, 0.2) is 0 Å². The fourth-order valence-corrected chi connectivity index (χ4v) is 1.74. The Morgan fingerprint density at radius 3 is 2.83 bits per heavy atom. The van der Waals surface area contributed by atoms with Crippen molar-refractivity contribution in [2.75, 3.05) is 20.3 Å². The van der Waals surface area contributed by atoms with Crippen LogP contribution in [-0.2, 0) is 16.0 Å². The first-order valence-electron chi connectivity index (χ1n) is 5.85. The van der Waals surface area contributed by atoms with Gasteiger partial charge in [-0.05, 0) is 37.1 Å². The maximum Gasteiger partial charge on any atom is 0.305 e. The summed E-state index contributed by atoms with van der Waals surface area (Å²) in [5.41, 5.74) is 6.56. The fraction of sp³-hybridized carbons (Fsp3) is 0.462. The summed E-state index contributed by atoms with van der Waals surface area (Å²) in [5, 5.41) is 0.569. The maximum absolute atomic E-state index is 10.9. The van der Waals surface area contributed by atoms with Crippen molar-refractivity contribution >= 4 is 17.6 Å². The SMILES string of the molecule is COC(=O)CCCOc1ccc(CCN)cc1Cl. The lowest BCUT2D eigenvalue weighted by Crippen LogP contribution is -2.05. The molecule has 4 nitrogen and oxygen atoms in total. The van der Waals surface area contributed by atoms with Crippen LogP contribution in [0.15, 0.2) is 18.2 Å². The quantitative estimate of drug-likeness (QED) is 0.610. The van der Waals surface area contributed by atoms with Crippen LogP contribution in [0.5, 0.6) is 5.75 Å². The third kappa shape index (κ3) is 4.94. The molecule has 0 atom stereocenters. The summed E-state index contributed by atoms with van der Waals surface area (Å²) in [5.74, 6) is 0.394. The van der Waals surface area contributed by atoms with Gasteiger partial charge in [0, 0.05) is 6.42 Å². The van der Waals surface area contributed by atoms with Gasteiger partial charge in [-0.2, -0.15) is 0 Å². The minimum Gasteiger partial charge on any atom is -0.492 e. The molecule has 1 rings (SSSR count). The van der Waals surface area contributed by atoms with Crippen LogP contribution in [0.2, 0.25) is 5.02 Å². The Kier molecular flexibility index (Phi) is 6.54. The topological polar surface area (TPSA) is 61.5 Å². The summed E-state index contributed by atoms with van der Waals surface area (Å²) in [7, 11) is 1.37. The lowest BCUT2D eigenvalue weighted by molar-refractivity contribution is -0.140. The van der Waals surface area contributed by atoms with Gasteiger partial charge in [0.1, 0.15) is 5.75 Å². The number of nitrogens with two attached hydrogens (primary N) is 1. The Labute approximate surface area is 112 Å². The summed E-state index contributed by atoms with van der Waals surface area (Å²) < 4.78 is 10.0. The number of halogens is 1. The summed E-state index contributed by atoms with van der Waals surface area (Å²) >= 11 is 6.08. The van der Waals surface area contributed by atoms with Crippen molar-refractivity contribution in [1.29, 1.82) is 0 Å². The molecule has 1 aromatic rings. The van der Waals surface area contributed by atoms with Crippen LogP contribution in [0.3, 0.4) is 0 Å². The zero-order chi connectivity index (χ0) is 13.4. The molecule has 0 radical (unpaired) electrons. The standard InChI is InChI=1S/C13H18ClNO3/c1-17-13(16)3-2-8-18-12-5-4-10(6-7-15)9-11(12)14/h4-5,9H,2-3,6-8,15H2,1H3. The van der Waals surface area contributed by atoms with E-state index >= 15 is 0 Å². The van der Waals surface area contributed by atoms with E-state index in [0.29, 0.717) is 36.8 Å². The highest BCUT2D eigenvalue weighted by Crippen LogP contribution is 2.25. The molecule has 0 unspecified atom stereocenters. The minimum absolute atomic E-state index is 0.233. The van der Waals surface area contributed by atoms with Crippen molar-refractivity contribution in [1.82, 2.24) is 0 Å². The molecular formula is C13H18ClNO3. The lowest BCUT2D eigenvalue weighted by Gasteiger charge is -2.09. The largest absolute Gasteiger partial charge is 0.492 e. The number of benzene rings is 1. The van der Waals surface area contributed by atoms with Crippen LogP contribution in [0.25, 0.3) is 0 Å². The van der Waals surface area contributed by atoms with Gasteiger partial charge in [-0.1, -0.05) is 17.7 Å². The Balaban J connectivity index is 2.40. The molecule has 0 amide bonds. The average molecular weight is 272 g/mol. The van der Waals surface area contributed by atoms with E-state index in [1.54, 1.807) is 0 Å². The first-order chi connectivity index (χ1) is 8.67. The molecule has 0 saturated carbocycles. The number of esters is 1. The zero-order valence-electron chi connectivity index (χ0n) is 10.4. The fourth-order valence-electron chi connectivity index (χ4n) is 1.48. The summed E-state index contributed by atoms with van der Waals surface area (Å²) in [6, 6.07) is 5.61. The molecule has 0 aliphatic rings. The van der Waals surface area contributed by atoms with Crippen LogP contribution < -0.4 is 10.5 Å². The Morgan fingerprint density at radius 2 is 2.22 bits per heavy atom. The summed E-state index contributed by atoms with van der Waals surface area (Å²) in [6.07, 6.45) is 1.75. The number of methoxy groups -OCH3 is 1. The van der Waals surface area contributed by atoms with Gasteiger partial charge in [-0.3, -0.25) is 4.79 Å². The van der Waals surface area contributed by atoms with Crippen molar-refractivity contribution < 1.29 is 14.3 Å². The van der Waals surface area contributed by atoms with Gasteiger partial charge < -0.3 is 15.2 Å². The number of hydrogen-bond donors (Lipinski definition) is 1. The molecule has 0 saturated heterocycles. The average Bonchev–Trinajstić information content (AvgIpc) is 2.36. The molecule has 5 heteroatoms. The van der Waals surface area contributed by atoms with E-state index in [9.17, 15) is 4.79 Å². The predicted octanol–water partition coefficient (Wildman–Crippen LogP) is 2.17. The second-order valence-corrected chi connectivity index (χ2v) is 4.24. The van der Waals surface area contributed by atoms with Crippen LogP contribution in [0, 0.1) is 0 Å². The zero-order valence-corrected chi connectivity index (χ0v) is 11.2. The van der Waals surface area contributed by atoms with Gasteiger partial charge >= 0.3 is 5.97 Å². The monoisotopic (exact) mass is 271 g/mol. The van der Waals surface area contributed by atoms with E-state index < -0.39 is 0 Å². The number of hydrogen-bond acceptors (Lipinski definition) is 4. The molecule has 0 aromatic heterocycles. The van der Waals surface area contributed by atoms with Crippen molar-refractivity contribution in [3.05, 3.63) is 28.8 Å². The Hall–Kier alpha value is -1.26. The van der Waals surface area contributed by atoms with E-state index in [1.165, 1.54) is 7.11 Å². The second kappa shape index (κ2) is 7.95. The van der Waals surface area contributed by atoms with E-state index in [4.69, 9.17) is 22.1 Å². The maximum atomic E-state index is 10.9. The van der Waals surface area contributed by atoms with Gasteiger partial charge in [-0.25, -0.2) is 0 Å². The molecule has 0 heterocycles. The van der Waals surface area contributed by atoms with E-state index in [0.717, 1.165) is 12.0 Å². The molecule has 0 bridgehead atoms. The molecule has 18 heavy (non-hydrogen) atoms. The van der Waals surface area contributed by atoms with Crippen molar-refractivity contribution in [3.8, 4) is 5.75 Å². The first kappa shape index (κ1) is 14.8. The highest BCUT2D eigenvalue weighted by molar-refractivity contribution is 6.32. The van der Waals surface area contributed by atoms with E-state index in [1.807, 2.05) is 18.2 Å². The summed E-state index contributed by atoms with van der Waals surface area (Å²) in [4.78, 5) is 10.9. The normalized spacial score (nSPS) is 10.2. The molecule has 0 fully saturated rings. The molecule has 2 N–H and O–H groups in total. The summed E-state index contributed by atoms with van der Waals surface area (Å²) in [6.45, 7) is 1.03. The number of ether oxygens (including phenoxy) is 2. The molecule has 100 valence electrons. The van der Waals surface area contributed by atoms with Crippen molar-refractivity contribution in [3.63, 3.8) is 0 Å². The van der Waals surface area contributed by atoms with Gasteiger partial charge in [0.05, 0.1) is 18.7 Å². The molecule has 0 aliphatic heterocycles. The first-order valence-corrected chi connectivity index (χ1v) is 6.23. The third-order valence-corrected chi connectivity index (χ3v) is 2.74. The van der Waals surface area contributed by atoms with Crippen LogP contribution in [-0.4, -0.2) is 26.2 Å². The van der Waals surface area contributed by atoms with Crippen molar-refractivity contribution in [2.24, 2.45) is 5.73 Å². The predicted molar refractivity (Wildman–Crippen MR) is 71.0 cm³/mol. The van der Waals surface area contributed by atoms with Gasteiger partial charge in [0.25, 0.3) is 0 Å².